The van der Waals surface area contributed by atoms with E-state index in [9.17, 15) is 0 Å². The molecule has 0 saturated carbocycles. The number of anilines is 2. The first-order valence-corrected chi connectivity index (χ1v) is 11.2. The van der Waals surface area contributed by atoms with Crippen LogP contribution in [0.3, 0.4) is 0 Å². The van der Waals surface area contributed by atoms with E-state index in [0.29, 0.717) is 0 Å². The van der Waals surface area contributed by atoms with Crippen LogP contribution in [0.5, 0.6) is 0 Å². The highest BCUT2D eigenvalue weighted by Crippen LogP contribution is 2.46. The number of hydrogen-bond donors (Lipinski definition) is 0. The van der Waals surface area contributed by atoms with Gasteiger partial charge in [0.25, 0.3) is 0 Å². The first kappa shape index (κ1) is 17.6. The van der Waals surface area contributed by atoms with E-state index < -0.39 is 0 Å². The summed E-state index contributed by atoms with van der Waals surface area (Å²) in [5.41, 5.74) is 13.0. The van der Waals surface area contributed by atoms with E-state index >= 15 is 0 Å². The van der Waals surface area contributed by atoms with Crippen LogP contribution in [0.1, 0.15) is 0 Å². The number of rotatable bonds is 0. The lowest BCUT2D eigenvalue weighted by atomic mass is 9.44. The van der Waals surface area contributed by atoms with E-state index in [1.54, 1.807) is 0 Å². The van der Waals surface area contributed by atoms with Gasteiger partial charge in [0.2, 0.25) is 0 Å². The number of benzene rings is 5. The van der Waals surface area contributed by atoms with Gasteiger partial charge in [0, 0.05) is 22.5 Å². The van der Waals surface area contributed by atoms with Gasteiger partial charge in [-0.2, -0.15) is 0 Å². The molecule has 0 amide bonds. The second-order valence-corrected chi connectivity index (χ2v) is 8.53. The third-order valence-corrected chi connectivity index (χ3v) is 6.89. The van der Waals surface area contributed by atoms with Gasteiger partial charge >= 0.3 is 6.85 Å². The molecule has 5 aromatic rings. The van der Waals surface area contributed by atoms with Crippen molar-refractivity contribution in [3.63, 3.8) is 0 Å². The lowest BCUT2D eigenvalue weighted by Gasteiger charge is -2.41. The highest BCUT2D eigenvalue weighted by atomic mass is 15.1. The van der Waals surface area contributed by atoms with Crippen molar-refractivity contribution in [1.82, 2.24) is 0 Å². The molecule has 32 heavy (non-hydrogen) atoms. The lowest BCUT2D eigenvalue weighted by Crippen LogP contribution is -2.58. The normalized spacial score (nSPS) is 12.9. The Morgan fingerprint density at radius 2 is 0.688 bits per heavy atom. The van der Waals surface area contributed by atoms with E-state index in [1.807, 2.05) is 0 Å². The molecule has 0 saturated heterocycles. The summed E-state index contributed by atoms with van der Waals surface area (Å²) in [4.78, 5) is 2.56. The molecule has 0 aliphatic carbocycles. The zero-order valence-electron chi connectivity index (χ0n) is 17.6. The first-order valence-electron chi connectivity index (χ1n) is 11.2. The van der Waals surface area contributed by atoms with Crippen molar-refractivity contribution in [2.24, 2.45) is 0 Å². The zero-order valence-corrected chi connectivity index (χ0v) is 17.6. The van der Waals surface area contributed by atoms with Gasteiger partial charge in [-0.05, 0) is 45.3 Å². The molecular formula is C30H20BN. The molecule has 0 unspecified atom stereocenters. The maximum Gasteiger partial charge on any atom is 0.329 e. The fourth-order valence-electron chi connectivity index (χ4n) is 5.59. The second kappa shape index (κ2) is 6.73. The molecule has 0 radical (unpaired) electrons. The van der Waals surface area contributed by atoms with E-state index in [4.69, 9.17) is 0 Å². The van der Waals surface area contributed by atoms with Crippen LogP contribution in [0.4, 0.5) is 11.4 Å². The molecule has 148 valence electrons. The maximum absolute atomic E-state index is 2.56. The summed E-state index contributed by atoms with van der Waals surface area (Å²) in [6.07, 6.45) is 0. The molecule has 1 nitrogen and oxygen atoms in total. The van der Waals surface area contributed by atoms with Gasteiger partial charge < -0.3 is 4.81 Å². The molecule has 2 aliphatic rings. The maximum atomic E-state index is 2.56. The Labute approximate surface area is 188 Å². The smallest absolute Gasteiger partial charge is 0.329 e. The third kappa shape index (κ3) is 2.35. The molecule has 7 rings (SSSR count). The highest BCUT2D eigenvalue weighted by Gasteiger charge is 2.40. The Hall–Kier alpha value is -4.04. The second-order valence-electron chi connectivity index (χ2n) is 8.53. The van der Waals surface area contributed by atoms with Crippen LogP contribution in [0, 0.1) is 0 Å². The van der Waals surface area contributed by atoms with Crippen LogP contribution in [-0.2, 0) is 0 Å². The first-order chi connectivity index (χ1) is 15.9. The van der Waals surface area contributed by atoms with Crippen LogP contribution >= 0.6 is 0 Å². The van der Waals surface area contributed by atoms with Crippen molar-refractivity contribution in [3.05, 3.63) is 121 Å². The Morgan fingerprint density at radius 3 is 1.25 bits per heavy atom. The largest absolute Gasteiger partial charge is 0.376 e. The lowest BCUT2D eigenvalue weighted by molar-refractivity contribution is 1.36. The summed E-state index contributed by atoms with van der Waals surface area (Å²) in [6.45, 7) is 0.104. The molecule has 0 spiro atoms. The summed E-state index contributed by atoms with van der Waals surface area (Å²) in [6, 6.07) is 44.3. The van der Waals surface area contributed by atoms with Crippen molar-refractivity contribution >= 4 is 29.1 Å². The fraction of sp³-hybridized carbons (Fsp3) is 0. The van der Waals surface area contributed by atoms with Crippen LogP contribution in [0.2, 0.25) is 0 Å². The van der Waals surface area contributed by atoms with E-state index in [1.165, 1.54) is 55.7 Å². The summed E-state index contributed by atoms with van der Waals surface area (Å²) in [5, 5.41) is 0. The molecule has 0 fully saturated rings. The van der Waals surface area contributed by atoms with Gasteiger partial charge in [0.05, 0.1) is 0 Å². The minimum atomic E-state index is 0.104. The van der Waals surface area contributed by atoms with E-state index in [0.717, 1.165) is 0 Å². The molecule has 0 bridgehead atoms. The number of para-hydroxylation sites is 2. The molecular weight excluding hydrogens is 385 g/mol. The van der Waals surface area contributed by atoms with Crippen LogP contribution < -0.4 is 15.7 Å². The third-order valence-electron chi connectivity index (χ3n) is 6.89. The Morgan fingerprint density at radius 1 is 0.344 bits per heavy atom. The van der Waals surface area contributed by atoms with Crippen molar-refractivity contribution in [2.45, 2.75) is 0 Å². The minimum Gasteiger partial charge on any atom is -0.376 e. The van der Waals surface area contributed by atoms with Gasteiger partial charge in [-0.3, -0.25) is 0 Å². The Kier molecular flexibility index (Phi) is 3.71. The van der Waals surface area contributed by atoms with Crippen molar-refractivity contribution in [2.75, 3.05) is 4.81 Å². The molecule has 0 aromatic heterocycles. The summed E-state index contributed by atoms with van der Waals surface area (Å²) >= 11 is 0. The molecule has 2 heteroatoms. The Bertz CT molecular complexity index is 1390. The standard InChI is InChI=1S/C30H20BN/c1-2-12-22-21(11-1)23-13-3-7-17-27(23)31-28-18-8-4-14-24(28)26-16-6-10-20-30(26)32(31)29-19-9-5-15-25(22)29/h1-20H. The quantitative estimate of drug-likeness (QED) is 0.275. The van der Waals surface area contributed by atoms with Crippen LogP contribution in [-0.4, -0.2) is 6.85 Å². The van der Waals surface area contributed by atoms with Gasteiger partial charge in [-0.15, -0.1) is 0 Å². The fourth-order valence-corrected chi connectivity index (χ4v) is 5.59. The topological polar surface area (TPSA) is 3.24 Å². The van der Waals surface area contributed by atoms with Crippen LogP contribution in [0.15, 0.2) is 121 Å². The average Bonchev–Trinajstić information content (AvgIpc) is 2.87. The predicted octanol–water partition coefficient (Wildman–Crippen LogP) is 6.26. The van der Waals surface area contributed by atoms with Crippen molar-refractivity contribution < 1.29 is 0 Å². The Balaban J connectivity index is 1.69. The van der Waals surface area contributed by atoms with E-state index in [-0.39, 0.29) is 6.85 Å². The van der Waals surface area contributed by atoms with Gasteiger partial charge in [-0.25, -0.2) is 0 Å². The SMILES string of the molecule is c1ccc2c(c1)B1c3ccccc3-c3ccccc3N1c1ccccc1-c1ccccc1-2. The predicted molar refractivity (Wildman–Crippen MR) is 136 cm³/mol. The molecule has 5 aromatic carbocycles. The van der Waals surface area contributed by atoms with Crippen LogP contribution in [0.25, 0.3) is 33.4 Å². The number of fused-ring (bicyclic) bond motifs is 13. The monoisotopic (exact) mass is 405 g/mol. The van der Waals surface area contributed by atoms with Crippen molar-refractivity contribution in [1.29, 1.82) is 0 Å². The van der Waals surface area contributed by atoms with Gasteiger partial charge in [-0.1, -0.05) is 109 Å². The summed E-state index contributed by atoms with van der Waals surface area (Å²) in [5.74, 6) is 0. The molecule has 2 aliphatic heterocycles. The van der Waals surface area contributed by atoms with Gasteiger partial charge in [0.1, 0.15) is 0 Å². The molecule has 0 atom stereocenters. The molecule has 0 N–H and O–H groups in total. The molecule has 2 heterocycles. The number of hydrogen-bond acceptors (Lipinski definition) is 1. The van der Waals surface area contributed by atoms with E-state index in [2.05, 4.69) is 126 Å². The minimum absolute atomic E-state index is 0.104. The number of nitrogens with zero attached hydrogens (tertiary/aromatic N) is 1. The zero-order chi connectivity index (χ0) is 21.1. The summed E-state index contributed by atoms with van der Waals surface area (Å²) in [7, 11) is 0. The summed E-state index contributed by atoms with van der Waals surface area (Å²) < 4.78 is 0. The average molecular weight is 405 g/mol. The van der Waals surface area contributed by atoms with Gasteiger partial charge in [0.15, 0.2) is 0 Å². The van der Waals surface area contributed by atoms with Crippen molar-refractivity contribution in [3.8, 4) is 33.4 Å². The highest BCUT2D eigenvalue weighted by molar-refractivity contribution is 6.92.